The van der Waals surface area contributed by atoms with Gasteiger partial charge in [-0.2, -0.15) is 0 Å². The molecule has 2 N–H and O–H groups in total. The zero-order valence-corrected chi connectivity index (χ0v) is 22.9. The zero-order chi connectivity index (χ0) is 26.7. The number of rotatable bonds is 9. The number of allylic oxidation sites excluding steroid dienone is 4. The molecular weight excluding hydrogens is 472 g/mol. The molecule has 0 fully saturated rings. The van der Waals surface area contributed by atoms with Crippen molar-refractivity contribution in [2.24, 2.45) is 4.99 Å². The van der Waals surface area contributed by atoms with E-state index in [9.17, 15) is 4.79 Å². The van der Waals surface area contributed by atoms with Gasteiger partial charge in [-0.3, -0.25) is 9.79 Å². The monoisotopic (exact) mass is 510 g/mol. The lowest BCUT2D eigenvalue weighted by Gasteiger charge is -2.36. The van der Waals surface area contributed by atoms with Crippen molar-refractivity contribution in [2.45, 2.75) is 52.1 Å². The fraction of sp³-hybridized carbons (Fsp3) is 0.379. The smallest absolute Gasteiger partial charge is 0.251 e. The first kappa shape index (κ1) is 29.1. The minimum absolute atomic E-state index is 0.266. The lowest BCUT2D eigenvalue weighted by molar-refractivity contribution is -0.125. The number of likely N-dealkylation sites (N-methyl/N-ethyl adjacent to an activating group) is 1. The van der Waals surface area contributed by atoms with Crippen LogP contribution in [0.5, 0.6) is 5.75 Å². The minimum atomic E-state index is -1.25. The molecular formula is C29H39ClN4O2. The number of hydrogen-bond donors (Lipinski definition) is 2. The van der Waals surface area contributed by atoms with E-state index in [-0.39, 0.29) is 12.5 Å². The van der Waals surface area contributed by atoms with Crippen molar-refractivity contribution in [3.63, 3.8) is 0 Å². The quantitative estimate of drug-likeness (QED) is 0.404. The van der Waals surface area contributed by atoms with Crippen LogP contribution in [0.3, 0.4) is 0 Å². The molecule has 2 aliphatic rings. The fourth-order valence-corrected chi connectivity index (χ4v) is 4.53. The van der Waals surface area contributed by atoms with Crippen molar-refractivity contribution >= 4 is 28.9 Å². The molecule has 7 heteroatoms. The van der Waals surface area contributed by atoms with Crippen LogP contribution in [-0.4, -0.2) is 42.8 Å². The van der Waals surface area contributed by atoms with E-state index in [1.165, 1.54) is 6.20 Å². The molecule has 194 valence electrons. The number of benzene rings is 1. The van der Waals surface area contributed by atoms with Crippen molar-refractivity contribution < 1.29 is 9.53 Å². The van der Waals surface area contributed by atoms with Gasteiger partial charge in [0.1, 0.15) is 5.75 Å². The first-order chi connectivity index (χ1) is 17.4. The molecule has 0 saturated carbocycles. The normalized spacial score (nSPS) is 18.2. The van der Waals surface area contributed by atoms with Gasteiger partial charge in [0.15, 0.2) is 5.54 Å². The third kappa shape index (κ3) is 6.56. The Hall–Kier alpha value is -3.09. The third-order valence-electron chi connectivity index (χ3n) is 6.21. The summed E-state index contributed by atoms with van der Waals surface area (Å²) < 4.78 is 5.37. The van der Waals surface area contributed by atoms with E-state index in [1.807, 2.05) is 56.0 Å². The topological polar surface area (TPSA) is 66.0 Å². The van der Waals surface area contributed by atoms with Crippen LogP contribution < -0.4 is 15.4 Å². The molecule has 3 rings (SSSR count). The van der Waals surface area contributed by atoms with Crippen LogP contribution in [0.15, 0.2) is 77.6 Å². The van der Waals surface area contributed by atoms with Gasteiger partial charge < -0.3 is 20.3 Å². The van der Waals surface area contributed by atoms with Gasteiger partial charge >= 0.3 is 0 Å². The summed E-state index contributed by atoms with van der Waals surface area (Å²) in [7, 11) is 3.36. The maximum absolute atomic E-state index is 13.4. The Balaban J connectivity index is 0.00000222. The minimum Gasteiger partial charge on any atom is -0.497 e. The maximum atomic E-state index is 13.4. The van der Waals surface area contributed by atoms with Gasteiger partial charge in [-0.25, -0.2) is 0 Å². The molecule has 0 unspecified atom stereocenters. The number of hydrogen-bond acceptors (Lipinski definition) is 5. The van der Waals surface area contributed by atoms with E-state index in [0.29, 0.717) is 17.3 Å². The Morgan fingerprint density at radius 3 is 2.69 bits per heavy atom. The summed E-state index contributed by atoms with van der Waals surface area (Å²) in [6, 6.07) is 5.91. The number of halogens is 1. The largest absolute Gasteiger partial charge is 0.497 e. The van der Waals surface area contributed by atoms with E-state index in [2.05, 4.69) is 29.9 Å². The average molecular weight is 511 g/mol. The fourth-order valence-electron chi connectivity index (χ4n) is 4.18. The van der Waals surface area contributed by atoms with Crippen molar-refractivity contribution in [3.8, 4) is 5.75 Å². The highest BCUT2D eigenvalue weighted by atomic mass is 35.5. The summed E-state index contributed by atoms with van der Waals surface area (Å²) >= 11 is 6.91. The second kappa shape index (κ2) is 13.9. The SMILES string of the molecule is C=CNC(=O)[C@@](CN1Cc2ccc(OC)cc2C1=C)(NC)/C(Cl)=C/C(=C/C)N=C1C=CCCC1.CC. The lowest BCUT2D eigenvalue weighted by Crippen LogP contribution is -2.60. The van der Waals surface area contributed by atoms with Crippen LogP contribution in [0.25, 0.3) is 5.70 Å². The molecule has 36 heavy (non-hydrogen) atoms. The van der Waals surface area contributed by atoms with Gasteiger partial charge in [0.25, 0.3) is 5.91 Å². The highest BCUT2D eigenvalue weighted by Crippen LogP contribution is 2.37. The van der Waals surface area contributed by atoms with E-state index in [0.717, 1.165) is 47.5 Å². The maximum Gasteiger partial charge on any atom is 0.251 e. The Kier molecular flexibility index (Phi) is 11.2. The Bertz CT molecular complexity index is 1090. The highest BCUT2D eigenvalue weighted by molar-refractivity contribution is 6.33. The number of nitrogens with one attached hydrogen (secondary N) is 2. The van der Waals surface area contributed by atoms with Crippen molar-refractivity contribution in [2.75, 3.05) is 20.7 Å². The molecule has 6 nitrogen and oxygen atoms in total. The van der Waals surface area contributed by atoms with E-state index >= 15 is 0 Å². The molecule has 1 aromatic carbocycles. The summed E-state index contributed by atoms with van der Waals surface area (Å²) in [5.41, 5.74) is 3.38. The van der Waals surface area contributed by atoms with E-state index in [4.69, 9.17) is 21.3 Å². The van der Waals surface area contributed by atoms with Crippen LogP contribution in [0.1, 0.15) is 51.2 Å². The number of carbonyl (C=O) groups is 1. The van der Waals surface area contributed by atoms with Gasteiger partial charge in [0, 0.05) is 23.5 Å². The first-order valence-corrected chi connectivity index (χ1v) is 12.8. The average Bonchev–Trinajstić information content (AvgIpc) is 3.22. The predicted octanol–water partition coefficient (Wildman–Crippen LogP) is 5.93. The van der Waals surface area contributed by atoms with Crippen LogP contribution in [0.4, 0.5) is 0 Å². The molecule has 0 saturated heterocycles. The molecule has 0 spiro atoms. The number of amides is 1. The molecule has 1 heterocycles. The number of aliphatic imine (C=N–C) groups is 1. The Morgan fingerprint density at radius 2 is 2.11 bits per heavy atom. The summed E-state index contributed by atoms with van der Waals surface area (Å²) in [5, 5.41) is 6.21. The van der Waals surface area contributed by atoms with Gasteiger partial charge in [-0.05, 0) is 69.3 Å². The zero-order valence-electron chi connectivity index (χ0n) is 22.2. The molecule has 0 bridgehead atoms. The molecule has 0 radical (unpaired) electrons. The Morgan fingerprint density at radius 1 is 1.36 bits per heavy atom. The lowest BCUT2D eigenvalue weighted by atomic mass is 9.95. The van der Waals surface area contributed by atoms with Crippen molar-refractivity contribution in [1.29, 1.82) is 0 Å². The summed E-state index contributed by atoms with van der Waals surface area (Å²) in [4.78, 5) is 20.1. The number of fused-ring (bicyclic) bond motifs is 1. The van der Waals surface area contributed by atoms with Crippen LogP contribution in [-0.2, 0) is 11.3 Å². The highest BCUT2D eigenvalue weighted by Gasteiger charge is 2.43. The van der Waals surface area contributed by atoms with E-state index in [1.54, 1.807) is 20.2 Å². The molecule has 1 aromatic rings. The second-order valence-electron chi connectivity index (χ2n) is 8.26. The summed E-state index contributed by atoms with van der Waals surface area (Å²) in [6.07, 6.45) is 12.2. The first-order valence-electron chi connectivity index (χ1n) is 12.4. The van der Waals surface area contributed by atoms with Gasteiger partial charge in [0.2, 0.25) is 0 Å². The van der Waals surface area contributed by atoms with Crippen LogP contribution in [0.2, 0.25) is 0 Å². The predicted molar refractivity (Wildman–Crippen MR) is 152 cm³/mol. The number of methoxy groups -OCH3 is 1. The van der Waals surface area contributed by atoms with Gasteiger partial charge in [-0.1, -0.05) is 56.8 Å². The molecule has 1 atom stereocenters. The number of carbonyl (C=O) groups excluding carboxylic acids is 1. The van der Waals surface area contributed by atoms with Crippen molar-refractivity contribution in [1.82, 2.24) is 15.5 Å². The standard InChI is InChI=1S/C27H33ClN4O2.C2H6/c1-6-21(31-22-11-9-8-10-12-22)15-25(28)27(29-4,26(33)30-7-2)18-32-17-20-13-14-23(34-5)16-24(20)19(32)3;1-2/h6-7,9,11,13-16,29H,2-3,8,10,12,17-18H2,1,4-5H3,(H,30,33);1-2H3/b21-6-,25-15-,31-22?;/t27-;/m0./s1. The second-order valence-corrected chi connectivity index (χ2v) is 8.67. The van der Waals surface area contributed by atoms with Gasteiger partial charge in [0.05, 0.1) is 24.4 Å². The molecule has 0 aromatic heterocycles. The molecule has 1 aliphatic heterocycles. The summed E-state index contributed by atoms with van der Waals surface area (Å²) in [6.45, 7) is 14.7. The number of ether oxygens (including phenoxy) is 1. The molecule has 1 aliphatic carbocycles. The van der Waals surface area contributed by atoms with Crippen LogP contribution in [0, 0.1) is 0 Å². The molecule has 1 amide bonds. The third-order valence-corrected chi connectivity index (χ3v) is 6.64. The van der Waals surface area contributed by atoms with Gasteiger partial charge in [-0.15, -0.1) is 0 Å². The van der Waals surface area contributed by atoms with Crippen molar-refractivity contribution in [3.05, 3.63) is 83.7 Å². The van der Waals surface area contributed by atoms with E-state index < -0.39 is 5.54 Å². The van der Waals surface area contributed by atoms with Crippen LogP contribution >= 0.6 is 11.6 Å². The Labute approximate surface area is 221 Å². The number of nitrogens with zero attached hydrogens (tertiary/aromatic N) is 2. The summed E-state index contributed by atoms with van der Waals surface area (Å²) in [5.74, 6) is 0.450.